The molecule has 7 heteroatoms. The molecule has 6 nitrogen and oxygen atoms in total. The number of nitrogens with one attached hydrogen (secondary N) is 1. The molecule has 1 N–H and O–H groups in total. The van der Waals surface area contributed by atoms with Gasteiger partial charge in [0.1, 0.15) is 5.76 Å². The van der Waals surface area contributed by atoms with Crippen LogP contribution in [0.5, 0.6) is 0 Å². The fraction of sp³-hybridized carbons (Fsp3) is 0.636. The van der Waals surface area contributed by atoms with Gasteiger partial charge >= 0.3 is 0 Å². The number of methoxy groups -OCH3 is 1. The van der Waals surface area contributed by atoms with Crippen molar-refractivity contribution in [3.63, 3.8) is 0 Å². The molecular weight excluding hydrogens is 256 g/mol. The Bertz CT molecular complexity index is 455. The van der Waals surface area contributed by atoms with Gasteiger partial charge < -0.3 is 14.5 Å². The lowest BCUT2D eigenvalue weighted by molar-refractivity contribution is 0.189. The summed E-state index contributed by atoms with van der Waals surface area (Å²) < 4.78 is 35.7. The van der Waals surface area contributed by atoms with Crippen LogP contribution in [0.3, 0.4) is 0 Å². The molecule has 0 spiro atoms. The van der Waals surface area contributed by atoms with E-state index < -0.39 is 10.0 Å². The minimum absolute atomic E-state index is 0.0207. The molecule has 1 heterocycles. The molecule has 1 aromatic rings. The molecule has 0 saturated carbocycles. The summed E-state index contributed by atoms with van der Waals surface area (Å²) in [6, 6.07) is 3.14. The molecule has 0 aliphatic rings. The third kappa shape index (κ3) is 3.81. The summed E-state index contributed by atoms with van der Waals surface area (Å²) in [5.74, 6) is 0.598. The van der Waals surface area contributed by atoms with Crippen molar-refractivity contribution in [1.29, 1.82) is 0 Å². The van der Waals surface area contributed by atoms with E-state index in [1.54, 1.807) is 20.2 Å². The Balaban J connectivity index is 2.71. The topological polar surface area (TPSA) is 71.8 Å². The predicted octanol–water partition coefficient (Wildman–Crippen LogP) is 0.656. The van der Waals surface area contributed by atoms with Gasteiger partial charge in [0.2, 0.25) is 5.09 Å². The van der Waals surface area contributed by atoms with Gasteiger partial charge in [0.05, 0.1) is 6.54 Å². The van der Waals surface area contributed by atoms with E-state index in [0.29, 0.717) is 31.9 Å². The molecule has 0 atom stereocenters. The van der Waals surface area contributed by atoms with E-state index in [9.17, 15) is 8.42 Å². The van der Waals surface area contributed by atoms with Gasteiger partial charge in [0.15, 0.2) is 0 Å². The first-order chi connectivity index (χ1) is 8.52. The van der Waals surface area contributed by atoms with Crippen molar-refractivity contribution >= 4 is 10.0 Å². The molecule has 1 rings (SSSR count). The molecule has 0 unspecified atom stereocenters. The molecule has 104 valence electrons. The zero-order chi connectivity index (χ0) is 13.6. The number of rotatable bonds is 8. The van der Waals surface area contributed by atoms with E-state index >= 15 is 0 Å². The molecular formula is C11H20N2O4S. The average Bonchev–Trinajstić information content (AvgIpc) is 2.79. The maximum atomic E-state index is 12.1. The van der Waals surface area contributed by atoms with Crippen molar-refractivity contribution in [2.24, 2.45) is 0 Å². The summed E-state index contributed by atoms with van der Waals surface area (Å²) in [6.07, 6.45) is 0.649. The Morgan fingerprint density at radius 3 is 2.78 bits per heavy atom. The van der Waals surface area contributed by atoms with Gasteiger partial charge in [0.25, 0.3) is 10.0 Å². The van der Waals surface area contributed by atoms with Crippen molar-refractivity contribution in [2.75, 3.05) is 34.4 Å². The third-order valence-corrected chi connectivity index (χ3v) is 4.21. The monoisotopic (exact) mass is 276 g/mol. The Labute approximate surface area is 108 Å². The smallest absolute Gasteiger partial charge is 0.276 e. The molecule has 1 aromatic heterocycles. The van der Waals surface area contributed by atoms with Crippen LogP contribution >= 0.6 is 0 Å². The molecule has 0 amide bonds. The van der Waals surface area contributed by atoms with Crippen molar-refractivity contribution in [2.45, 2.75) is 18.1 Å². The first-order valence-corrected chi connectivity index (χ1v) is 7.15. The van der Waals surface area contributed by atoms with E-state index in [1.807, 2.05) is 0 Å². The lowest BCUT2D eigenvalue weighted by Gasteiger charge is -2.14. The minimum Gasteiger partial charge on any atom is -0.447 e. The van der Waals surface area contributed by atoms with Crippen molar-refractivity contribution in [3.05, 3.63) is 17.9 Å². The largest absolute Gasteiger partial charge is 0.447 e. The van der Waals surface area contributed by atoms with Crippen LogP contribution in [0.25, 0.3) is 0 Å². The maximum absolute atomic E-state index is 12.1. The van der Waals surface area contributed by atoms with E-state index in [-0.39, 0.29) is 5.09 Å². The molecule has 0 bridgehead atoms. The van der Waals surface area contributed by atoms with E-state index in [4.69, 9.17) is 9.15 Å². The van der Waals surface area contributed by atoms with Crippen LogP contribution in [-0.4, -0.2) is 47.1 Å². The Morgan fingerprint density at radius 2 is 2.17 bits per heavy atom. The van der Waals surface area contributed by atoms with E-state index in [0.717, 1.165) is 0 Å². The highest BCUT2D eigenvalue weighted by atomic mass is 32.2. The van der Waals surface area contributed by atoms with Gasteiger partial charge in [0, 0.05) is 27.3 Å². The third-order valence-electron chi connectivity index (χ3n) is 2.47. The number of ether oxygens (including phenoxy) is 1. The molecule has 0 fully saturated rings. The molecule has 0 aliphatic heterocycles. The quantitative estimate of drug-likeness (QED) is 0.706. The van der Waals surface area contributed by atoms with Crippen LogP contribution < -0.4 is 5.32 Å². The Morgan fingerprint density at radius 1 is 1.44 bits per heavy atom. The van der Waals surface area contributed by atoms with Gasteiger partial charge in [-0.3, -0.25) is 0 Å². The lowest BCUT2D eigenvalue weighted by Crippen LogP contribution is -2.28. The summed E-state index contributed by atoms with van der Waals surface area (Å²) in [7, 11) is 1.36. The zero-order valence-corrected chi connectivity index (χ0v) is 11.8. The fourth-order valence-electron chi connectivity index (χ4n) is 1.47. The summed E-state index contributed by atoms with van der Waals surface area (Å²) >= 11 is 0. The van der Waals surface area contributed by atoms with E-state index in [1.165, 1.54) is 17.4 Å². The molecule has 0 radical (unpaired) electrons. The van der Waals surface area contributed by atoms with Crippen LogP contribution in [0.2, 0.25) is 0 Å². The van der Waals surface area contributed by atoms with Gasteiger partial charge in [-0.25, -0.2) is 8.42 Å². The van der Waals surface area contributed by atoms with Crippen LogP contribution in [0.1, 0.15) is 12.2 Å². The number of sulfonamides is 1. The van der Waals surface area contributed by atoms with Crippen molar-refractivity contribution in [3.8, 4) is 0 Å². The average molecular weight is 276 g/mol. The van der Waals surface area contributed by atoms with Crippen molar-refractivity contribution in [1.82, 2.24) is 9.62 Å². The standard InChI is InChI=1S/C11H20N2O4S/c1-12-9-10-5-6-11(17-10)18(14,15)13(2)7-4-8-16-3/h5-6,12H,4,7-9H2,1-3H3. The first-order valence-electron chi connectivity index (χ1n) is 5.71. The minimum atomic E-state index is -3.53. The second-order valence-corrected chi connectivity index (χ2v) is 5.90. The summed E-state index contributed by atoms with van der Waals surface area (Å²) in [6.45, 7) is 1.43. The first kappa shape index (κ1) is 15.2. The number of nitrogens with zero attached hydrogens (tertiary/aromatic N) is 1. The molecule has 0 saturated heterocycles. The second-order valence-electron chi connectivity index (χ2n) is 3.92. The van der Waals surface area contributed by atoms with Gasteiger partial charge in [-0.05, 0) is 25.6 Å². The fourth-order valence-corrected chi connectivity index (χ4v) is 2.60. The number of hydrogen-bond acceptors (Lipinski definition) is 5. The summed E-state index contributed by atoms with van der Waals surface area (Å²) in [5, 5.41) is 2.88. The number of furan rings is 1. The second kappa shape index (κ2) is 6.89. The lowest BCUT2D eigenvalue weighted by atomic mass is 10.4. The van der Waals surface area contributed by atoms with Gasteiger partial charge in [-0.15, -0.1) is 0 Å². The number of hydrogen-bond donors (Lipinski definition) is 1. The maximum Gasteiger partial charge on any atom is 0.276 e. The van der Waals surface area contributed by atoms with Crippen molar-refractivity contribution < 1.29 is 17.6 Å². The van der Waals surface area contributed by atoms with Crippen LogP contribution in [0, 0.1) is 0 Å². The van der Waals surface area contributed by atoms with Gasteiger partial charge in [-0.1, -0.05) is 0 Å². The van der Waals surface area contributed by atoms with Crippen LogP contribution in [0.4, 0.5) is 0 Å². The van der Waals surface area contributed by atoms with Crippen LogP contribution in [0.15, 0.2) is 21.6 Å². The highest BCUT2D eigenvalue weighted by Gasteiger charge is 2.24. The molecule has 0 aliphatic carbocycles. The highest BCUT2D eigenvalue weighted by molar-refractivity contribution is 7.89. The Hall–Kier alpha value is -0.890. The van der Waals surface area contributed by atoms with E-state index in [2.05, 4.69) is 5.32 Å². The summed E-state index contributed by atoms with van der Waals surface area (Å²) in [4.78, 5) is 0. The van der Waals surface area contributed by atoms with Gasteiger partial charge in [-0.2, -0.15) is 4.31 Å². The normalized spacial score (nSPS) is 12.2. The SMILES string of the molecule is CNCc1ccc(S(=O)(=O)N(C)CCCOC)o1. The predicted molar refractivity (Wildman–Crippen MR) is 67.8 cm³/mol. The molecule has 18 heavy (non-hydrogen) atoms. The Kier molecular flexibility index (Phi) is 5.80. The highest BCUT2D eigenvalue weighted by Crippen LogP contribution is 2.17. The summed E-state index contributed by atoms with van der Waals surface area (Å²) in [5.41, 5.74) is 0. The zero-order valence-electron chi connectivity index (χ0n) is 11.0. The van der Waals surface area contributed by atoms with Crippen LogP contribution in [-0.2, 0) is 21.3 Å². The molecule has 0 aromatic carbocycles.